The Bertz CT molecular complexity index is 1200. The number of rotatable bonds is 6. The van der Waals surface area contributed by atoms with Gasteiger partial charge in [0.05, 0.1) is 29.8 Å². The van der Waals surface area contributed by atoms with E-state index in [1.807, 2.05) is 55.5 Å². The van der Waals surface area contributed by atoms with Crippen LogP contribution in [-0.4, -0.2) is 30.7 Å². The van der Waals surface area contributed by atoms with Crippen LogP contribution < -0.4 is 5.32 Å². The van der Waals surface area contributed by atoms with Gasteiger partial charge in [-0.15, -0.1) is 0 Å². The van der Waals surface area contributed by atoms with Gasteiger partial charge in [0.25, 0.3) is 0 Å². The van der Waals surface area contributed by atoms with E-state index in [-0.39, 0.29) is 29.5 Å². The van der Waals surface area contributed by atoms with Gasteiger partial charge in [0.15, 0.2) is 0 Å². The number of carbonyl (C=O) groups excluding carboxylic acids is 1. The second kappa shape index (κ2) is 8.28. The van der Waals surface area contributed by atoms with Crippen LogP contribution in [-0.2, 0) is 20.5 Å². The van der Waals surface area contributed by atoms with Gasteiger partial charge in [-0.25, -0.2) is 0 Å². The Hall–Kier alpha value is -2.57. The Morgan fingerprint density at radius 1 is 1.15 bits per heavy atom. The van der Waals surface area contributed by atoms with Crippen molar-refractivity contribution < 1.29 is 18.5 Å². The van der Waals surface area contributed by atoms with E-state index in [4.69, 9.17) is 13.7 Å². The second-order valence-electron chi connectivity index (χ2n) is 10.7. The number of fused-ring (bicyclic) bond motifs is 1. The molecule has 3 aliphatic carbocycles. The summed E-state index contributed by atoms with van der Waals surface area (Å²) < 4.78 is 19.1. The van der Waals surface area contributed by atoms with Gasteiger partial charge < -0.3 is 19.0 Å². The molecular formula is C28H32BNO4. The summed E-state index contributed by atoms with van der Waals surface area (Å²) in [6.07, 6.45) is 4.73. The van der Waals surface area contributed by atoms with Crippen LogP contribution in [0.25, 0.3) is 11.0 Å². The Morgan fingerprint density at radius 3 is 2.71 bits per heavy atom. The molecule has 0 unspecified atom stereocenters. The average Bonchev–Trinajstić information content (AvgIpc) is 3.43. The van der Waals surface area contributed by atoms with Crippen LogP contribution >= 0.6 is 0 Å². The molecule has 1 aromatic heterocycles. The van der Waals surface area contributed by atoms with Crippen molar-refractivity contribution in [3.63, 3.8) is 0 Å². The lowest BCUT2D eigenvalue weighted by Crippen LogP contribution is -2.60. The summed E-state index contributed by atoms with van der Waals surface area (Å²) in [6, 6.07) is 17.9. The first-order valence-electron chi connectivity index (χ1n) is 12.6. The van der Waals surface area contributed by atoms with E-state index in [9.17, 15) is 4.79 Å². The van der Waals surface area contributed by atoms with Crippen molar-refractivity contribution in [2.24, 2.45) is 17.8 Å². The lowest BCUT2D eigenvalue weighted by Gasteiger charge is -2.58. The minimum Gasteiger partial charge on any atom is -0.464 e. The Kier molecular flexibility index (Phi) is 5.34. The zero-order chi connectivity index (χ0) is 23.4. The molecule has 1 aliphatic heterocycles. The number of para-hydroxylation sites is 1. The van der Waals surface area contributed by atoms with Crippen molar-refractivity contribution in [1.82, 2.24) is 5.32 Å². The molecule has 0 radical (unpaired) electrons. The second-order valence-corrected chi connectivity index (χ2v) is 10.7. The van der Waals surface area contributed by atoms with Crippen molar-refractivity contribution in [3.05, 3.63) is 72.0 Å². The van der Waals surface area contributed by atoms with E-state index in [2.05, 4.69) is 25.2 Å². The molecule has 176 valence electrons. The quantitative estimate of drug-likeness (QED) is 0.521. The molecule has 2 heterocycles. The van der Waals surface area contributed by atoms with Gasteiger partial charge in [-0.1, -0.05) is 55.5 Å². The standard InChI is InChI=1S/C28H32BNO4/c1-17-20-13-23(17)28(3)25(14-20)33-29(34-28)26(15-21-16-32-24-12-8-7-11-22(21)24)30-27(31)18(2)19-9-5-4-6-10-19/h4-12,16-18,20,23,25-26H,13-15H2,1-3H3,(H,30,31)/t17-,18-,20+,23+,25-,26+,28+/m1/s1. The number of hydrogen-bond acceptors (Lipinski definition) is 4. The van der Waals surface area contributed by atoms with E-state index in [0.717, 1.165) is 34.4 Å². The van der Waals surface area contributed by atoms with E-state index in [1.165, 1.54) is 6.42 Å². The Balaban J connectivity index is 1.27. The van der Waals surface area contributed by atoms with E-state index < -0.39 is 7.12 Å². The molecule has 7 rings (SSSR count). The van der Waals surface area contributed by atoms with Crippen LogP contribution in [0.4, 0.5) is 0 Å². The van der Waals surface area contributed by atoms with Crippen molar-refractivity contribution in [1.29, 1.82) is 0 Å². The summed E-state index contributed by atoms with van der Waals surface area (Å²) in [5.41, 5.74) is 2.61. The molecule has 5 nitrogen and oxygen atoms in total. The molecule has 6 heteroatoms. The summed E-state index contributed by atoms with van der Waals surface area (Å²) in [7, 11) is -0.484. The first kappa shape index (κ1) is 21.9. The molecule has 3 saturated carbocycles. The summed E-state index contributed by atoms with van der Waals surface area (Å²) in [4.78, 5) is 13.4. The van der Waals surface area contributed by atoms with Crippen LogP contribution in [0.2, 0.25) is 0 Å². The number of furan rings is 1. The summed E-state index contributed by atoms with van der Waals surface area (Å²) >= 11 is 0. The molecule has 1 saturated heterocycles. The minimum atomic E-state index is -0.484. The van der Waals surface area contributed by atoms with Crippen molar-refractivity contribution in [3.8, 4) is 0 Å². The molecule has 3 aromatic rings. The van der Waals surface area contributed by atoms with Crippen LogP contribution in [0.1, 0.15) is 50.7 Å². The highest BCUT2D eigenvalue weighted by Crippen LogP contribution is 2.59. The maximum Gasteiger partial charge on any atom is 0.482 e. The number of amides is 1. The number of benzene rings is 2. The van der Waals surface area contributed by atoms with Gasteiger partial charge >= 0.3 is 7.12 Å². The molecule has 1 N–H and O–H groups in total. The smallest absolute Gasteiger partial charge is 0.464 e. The Morgan fingerprint density at radius 2 is 1.91 bits per heavy atom. The van der Waals surface area contributed by atoms with Gasteiger partial charge in [-0.05, 0) is 68.1 Å². The summed E-state index contributed by atoms with van der Waals surface area (Å²) in [5.74, 6) is 1.33. The molecule has 2 bridgehead atoms. The highest BCUT2D eigenvalue weighted by Gasteiger charge is 2.64. The van der Waals surface area contributed by atoms with Gasteiger partial charge in [0.1, 0.15) is 5.58 Å². The molecule has 1 amide bonds. The lowest BCUT2D eigenvalue weighted by molar-refractivity contribution is -0.152. The molecular weight excluding hydrogens is 425 g/mol. The van der Waals surface area contributed by atoms with Gasteiger partial charge in [-0.2, -0.15) is 0 Å². The molecule has 4 fully saturated rings. The van der Waals surface area contributed by atoms with Crippen LogP contribution in [0, 0.1) is 17.8 Å². The molecule has 34 heavy (non-hydrogen) atoms. The van der Waals surface area contributed by atoms with Gasteiger partial charge in [0.2, 0.25) is 5.91 Å². The first-order valence-corrected chi connectivity index (χ1v) is 12.6. The first-order chi connectivity index (χ1) is 16.4. The fraction of sp³-hybridized carbons (Fsp3) is 0.464. The number of nitrogens with one attached hydrogen (secondary N) is 1. The third kappa shape index (κ3) is 3.50. The highest BCUT2D eigenvalue weighted by atomic mass is 16.7. The SMILES string of the molecule is C[C@@H]1[C@@H]2C[C@H]3OB([C@H](Cc4coc5ccccc45)NC(=O)[C@H](C)c4ccccc4)O[C@@]3(C)[C@H]1C2. The van der Waals surface area contributed by atoms with E-state index in [1.54, 1.807) is 6.26 Å². The number of hydrogen-bond donors (Lipinski definition) is 1. The van der Waals surface area contributed by atoms with Crippen LogP contribution in [0.15, 0.2) is 65.3 Å². The monoisotopic (exact) mass is 457 g/mol. The summed E-state index contributed by atoms with van der Waals surface area (Å²) in [5, 5.41) is 4.36. The predicted octanol–water partition coefficient (Wildman–Crippen LogP) is 5.14. The van der Waals surface area contributed by atoms with Gasteiger partial charge in [0, 0.05) is 5.39 Å². The van der Waals surface area contributed by atoms with Crippen LogP contribution in [0.3, 0.4) is 0 Å². The van der Waals surface area contributed by atoms with Crippen molar-refractivity contribution >= 4 is 24.0 Å². The zero-order valence-corrected chi connectivity index (χ0v) is 20.1. The fourth-order valence-electron chi connectivity index (χ4n) is 6.52. The molecule has 7 atom stereocenters. The molecule has 2 aromatic carbocycles. The van der Waals surface area contributed by atoms with Gasteiger partial charge in [-0.3, -0.25) is 4.79 Å². The molecule has 0 spiro atoms. The maximum absolute atomic E-state index is 13.4. The topological polar surface area (TPSA) is 60.7 Å². The van der Waals surface area contributed by atoms with Crippen molar-refractivity contribution in [2.75, 3.05) is 0 Å². The normalized spacial score (nSPS) is 31.6. The maximum atomic E-state index is 13.4. The predicted molar refractivity (Wildman–Crippen MR) is 132 cm³/mol. The highest BCUT2D eigenvalue weighted by molar-refractivity contribution is 6.48. The number of carbonyl (C=O) groups is 1. The third-order valence-corrected chi connectivity index (χ3v) is 8.85. The average molecular weight is 457 g/mol. The lowest BCUT2D eigenvalue weighted by atomic mass is 9.51. The molecule has 4 aliphatic rings. The largest absolute Gasteiger partial charge is 0.482 e. The van der Waals surface area contributed by atoms with Crippen LogP contribution in [0.5, 0.6) is 0 Å². The Labute approximate surface area is 201 Å². The van der Waals surface area contributed by atoms with Crippen molar-refractivity contribution in [2.45, 2.75) is 63.6 Å². The third-order valence-electron chi connectivity index (χ3n) is 8.85. The summed E-state index contributed by atoms with van der Waals surface area (Å²) in [6.45, 7) is 6.51. The van der Waals surface area contributed by atoms with E-state index in [0.29, 0.717) is 18.3 Å². The van der Waals surface area contributed by atoms with E-state index >= 15 is 0 Å². The fourth-order valence-corrected chi connectivity index (χ4v) is 6.52. The zero-order valence-electron chi connectivity index (χ0n) is 20.1. The minimum absolute atomic E-state index is 0.0195.